The molecule has 0 saturated heterocycles. The van der Waals surface area contributed by atoms with Crippen LogP contribution in [-0.2, 0) is 10.0 Å². The molecule has 0 amide bonds. The van der Waals surface area contributed by atoms with Crippen LogP contribution in [-0.4, -0.2) is 51.0 Å². The number of hydrogen-bond donors (Lipinski definition) is 2. The van der Waals surface area contributed by atoms with Crippen molar-refractivity contribution in [2.75, 3.05) is 32.0 Å². The molecule has 1 rings (SSSR count). The Morgan fingerprint density at radius 2 is 1.95 bits per heavy atom. The Morgan fingerprint density at radius 3 is 2.40 bits per heavy atom. The molecule has 1 atom stereocenters. The van der Waals surface area contributed by atoms with E-state index in [4.69, 9.17) is 0 Å². The fourth-order valence-electron chi connectivity index (χ4n) is 1.93. The maximum atomic E-state index is 12.2. The first kappa shape index (κ1) is 16.9. The molecule has 0 fully saturated rings. The number of sulfonamides is 1. The lowest BCUT2D eigenvalue weighted by Crippen LogP contribution is -2.41. The fourth-order valence-corrected chi connectivity index (χ4v) is 3.11. The van der Waals surface area contributed by atoms with Crippen LogP contribution in [0, 0.1) is 0 Å². The van der Waals surface area contributed by atoms with Crippen LogP contribution >= 0.6 is 0 Å². The van der Waals surface area contributed by atoms with Gasteiger partial charge in [-0.2, -0.15) is 0 Å². The SMILES string of the molecule is CCN(CC)CC(C)NS(=O)(=O)c1ccc(NC)nc1. The van der Waals surface area contributed by atoms with Crippen molar-refractivity contribution in [3.63, 3.8) is 0 Å². The highest BCUT2D eigenvalue weighted by Crippen LogP contribution is 2.10. The molecule has 6 nitrogen and oxygen atoms in total. The molecule has 0 spiro atoms. The molecule has 0 saturated carbocycles. The largest absolute Gasteiger partial charge is 0.373 e. The Balaban J connectivity index is 2.73. The van der Waals surface area contributed by atoms with Crippen LogP contribution in [0.25, 0.3) is 0 Å². The third kappa shape index (κ3) is 4.73. The van der Waals surface area contributed by atoms with Gasteiger partial charge in [-0.15, -0.1) is 0 Å². The summed E-state index contributed by atoms with van der Waals surface area (Å²) >= 11 is 0. The van der Waals surface area contributed by atoms with Crippen LogP contribution in [0.3, 0.4) is 0 Å². The normalized spacial score (nSPS) is 13.4. The van der Waals surface area contributed by atoms with Crippen LogP contribution in [0.1, 0.15) is 20.8 Å². The predicted molar refractivity (Wildman–Crippen MR) is 81.4 cm³/mol. The van der Waals surface area contributed by atoms with E-state index in [1.54, 1.807) is 19.2 Å². The van der Waals surface area contributed by atoms with Crippen molar-refractivity contribution in [2.45, 2.75) is 31.7 Å². The number of likely N-dealkylation sites (N-methyl/N-ethyl adjacent to an activating group) is 1. The Bertz CT molecular complexity index is 498. The molecule has 1 aromatic rings. The van der Waals surface area contributed by atoms with Gasteiger partial charge in [0.2, 0.25) is 10.0 Å². The lowest BCUT2D eigenvalue weighted by atomic mass is 10.3. The third-order valence-corrected chi connectivity index (χ3v) is 4.66. The van der Waals surface area contributed by atoms with Gasteiger partial charge >= 0.3 is 0 Å². The second-order valence-electron chi connectivity index (χ2n) is 4.64. The van der Waals surface area contributed by atoms with Gasteiger partial charge < -0.3 is 10.2 Å². The molecule has 0 aliphatic rings. The minimum Gasteiger partial charge on any atom is -0.373 e. The number of pyridine rings is 1. The number of nitrogens with zero attached hydrogens (tertiary/aromatic N) is 2. The van der Waals surface area contributed by atoms with Gasteiger partial charge in [0.05, 0.1) is 0 Å². The molecule has 2 N–H and O–H groups in total. The van der Waals surface area contributed by atoms with Crippen molar-refractivity contribution in [3.05, 3.63) is 18.3 Å². The van der Waals surface area contributed by atoms with E-state index in [0.717, 1.165) is 13.1 Å². The van der Waals surface area contributed by atoms with Gasteiger partial charge in [-0.25, -0.2) is 18.1 Å². The van der Waals surface area contributed by atoms with E-state index >= 15 is 0 Å². The molecule has 1 unspecified atom stereocenters. The van der Waals surface area contributed by atoms with E-state index in [9.17, 15) is 8.42 Å². The lowest BCUT2D eigenvalue weighted by molar-refractivity contribution is 0.282. The van der Waals surface area contributed by atoms with Crippen LogP contribution in [0.2, 0.25) is 0 Å². The van der Waals surface area contributed by atoms with E-state index in [0.29, 0.717) is 12.4 Å². The maximum Gasteiger partial charge on any atom is 0.242 e. The molecule has 0 aromatic carbocycles. The molecule has 1 aromatic heterocycles. The summed E-state index contributed by atoms with van der Waals surface area (Å²) < 4.78 is 27.1. The van der Waals surface area contributed by atoms with E-state index in [1.807, 2.05) is 6.92 Å². The van der Waals surface area contributed by atoms with Gasteiger partial charge in [-0.3, -0.25) is 0 Å². The van der Waals surface area contributed by atoms with Gasteiger partial charge in [0.25, 0.3) is 0 Å². The molecule has 0 bridgehead atoms. The van der Waals surface area contributed by atoms with Crippen LogP contribution in [0.5, 0.6) is 0 Å². The monoisotopic (exact) mass is 300 g/mol. The average molecular weight is 300 g/mol. The summed E-state index contributed by atoms with van der Waals surface area (Å²) in [6.45, 7) is 8.48. The molecule has 20 heavy (non-hydrogen) atoms. The highest BCUT2D eigenvalue weighted by molar-refractivity contribution is 7.89. The third-order valence-electron chi connectivity index (χ3n) is 3.09. The van der Waals surface area contributed by atoms with Gasteiger partial charge in [-0.05, 0) is 32.1 Å². The van der Waals surface area contributed by atoms with Crippen LogP contribution in [0.15, 0.2) is 23.2 Å². The number of rotatable bonds is 8. The van der Waals surface area contributed by atoms with Crippen molar-refractivity contribution in [1.82, 2.24) is 14.6 Å². The van der Waals surface area contributed by atoms with Crippen molar-refractivity contribution in [3.8, 4) is 0 Å². The topological polar surface area (TPSA) is 74.3 Å². The maximum absolute atomic E-state index is 12.2. The standard InChI is InChI=1S/C13H24N4O2S/c1-5-17(6-2)10-11(3)16-20(18,19)12-7-8-13(14-4)15-9-12/h7-9,11,16H,5-6,10H2,1-4H3,(H,14,15). The van der Waals surface area contributed by atoms with Crippen molar-refractivity contribution in [1.29, 1.82) is 0 Å². The first-order valence-corrected chi connectivity index (χ1v) is 8.29. The second kappa shape index (κ2) is 7.56. The van der Waals surface area contributed by atoms with Gasteiger partial charge in [0, 0.05) is 25.8 Å². The molecular weight excluding hydrogens is 276 g/mol. The molecule has 0 aliphatic carbocycles. The van der Waals surface area contributed by atoms with Gasteiger partial charge in [0.1, 0.15) is 10.7 Å². The van der Waals surface area contributed by atoms with Crippen LogP contribution in [0.4, 0.5) is 5.82 Å². The smallest absolute Gasteiger partial charge is 0.242 e. The molecular formula is C13H24N4O2S. The number of nitrogens with one attached hydrogen (secondary N) is 2. The van der Waals surface area contributed by atoms with Crippen molar-refractivity contribution in [2.24, 2.45) is 0 Å². The minimum atomic E-state index is -3.51. The summed E-state index contributed by atoms with van der Waals surface area (Å²) in [7, 11) is -1.78. The molecule has 0 aliphatic heterocycles. The van der Waals surface area contributed by atoms with Crippen molar-refractivity contribution >= 4 is 15.8 Å². The zero-order valence-corrected chi connectivity index (χ0v) is 13.4. The first-order valence-electron chi connectivity index (χ1n) is 6.81. The number of hydrogen-bond acceptors (Lipinski definition) is 5. The summed E-state index contributed by atoms with van der Waals surface area (Å²) in [5, 5.41) is 2.85. The van der Waals surface area contributed by atoms with E-state index < -0.39 is 10.0 Å². The van der Waals surface area contributed by atoms with E-state index in [2.05, 4.69) is 33.8 Å². The summed E-state index contributed by atoms with van der Waals surface area (Å²) in [4.78, 5) is 6.38. The highest BCUT2D eigenvalue weighted by atomic mass is 32.2. The van der Waals surface area contributed by atoms with E-state index in [1.165, 1.54) is 6.20 Å². The zero-order chi connectivity index (χ0) is 15.2. The number of anilines is 1. The first-order chi connectivity index (χ1) is 9.42. The van der Waals surface area contributed by atoms with Gasteiger partial charge in [-0.1, -0.05) is 13.8 Å². The number of aromatic nitrogens is 1. The summed E-state index contributed by atoms with van der Waals surface area (Å²) in [6.07, 6.45) is 1.36. The second-order valence-corrected chi connectivity index (χ2v) is 6.35. The van der Waals surface area contributed by atoms with E-state index in [-0.39, 0.29) is 10.9 Å². The lowest BCUT2D eigenvalue weighted by Gasteiger charge is -2.23. The molecule has 0 radical (unpaired) electrons. The molecule has 114 valence electrons. The molecule has 7 heteroatoms. The Kier molecular flexibility index (Phi) is 6.38. The average Bonchev–Trinajstić information content (AvgIpc) is 2.44. The summed E-state index contributed by atoms with van der Waals surface area (Å²) in [5.41, 5.74) is 0. The fraction of sp³-hybridized carbons (Fsp3) is 0.615. The summed E-state index contributed by atoms with van der Waals surface area (Å²) in [6, 6.07) is 3.04. The Labute approximate surface area is 121 Å². The molecule has 1 heterocycles. The van der Waals surface area contributed by atoms with Gasteiger partial charge in [0.15, 0.2) is 0 Å². The summed E-state index contributed by atoms with van der Waals surface area (Å²) in [5.74, 6) is 0.639. The Morgan fingerprint density at radius 1 is 1.30 bits per heavy atom. The Hall–Kier alpha value is -1.18. The van der Waals surface area contributed by atoms with Crippen LogP contribution < -0.4 is 10.0 Å². The quantitative estimate of drug-likeness (QED) is 0.753. The zero-order valence-electron chi connectivity index (χ0n) is 12.5. The van der Waals surface area contributed by atoms with Crippen molar-refractivity contribution < 1.29 is 8.42 Å². The minimum absolute atomic E-state index is 0.149. The highest BCUT2D eigenvalue weighted by Gasteiger charge is 2.18. The predicted octanol–water partition coefficient (Wildman–Crippen LogP) is 1.13.